The molecule has 1 aliphatic rings. The van der Waals surface area contributed by atoms with Crippen molar-refractivity contribution < 1.29 is 42.1 Å². The summed E-state index contributed by atoms with van der Waals surface area (Å²) in [6, 6.07) is 16.5. The largest absolute Gasteiger partial charge is 0.449 e. The van der Waals surface area contributed by atoms with Crippen LogP contribution in [-0.2, 0) is 32.6 Å². The zero-order chi connectivity index (χ0) is 31.3. The molecule has 1 aliphatic heterocycles. The van der Waals surface area contributed by atoms with Gasteiger partial charge < -0.3 is 33.7 Å². The Morgan fingerprint density at radius 1 is 0.955 bits per heavy atom. The Morgan fingerprint density at radius 2 is 1.57 bits per heavy atom. The number of aromatic nitrogens is 4. The predicted octanol–water partition coefficient (Wildman–Crippen LogP) is 4.34. The lowest BCUT2D eigenvalue weighted by molar-refractivity contribution is -0.169. The second-order valence-electron chi connectivity index (χ2n) is 9.81. The predicted molar refractivity (Wildman–Crippen MR) is 156 cm³/mol. The van der Waals surface area contributed by atoms with Crippen molar-refractivity contribution in [3.05, 3.63) is 84.4 Å². The summed E-state index contributed by atoms with van der Waals surface area (Å²) in [6.45, 7) is 5.05. The lowest BCUT2D eigenvalue weighted by atomic mass is 9.97. The summed E-state index contributed by atoms with van der Waals surface area (Å²) >= 11 is 0. The molecule has 44 heavy (non-hydrogen) atoms. The van der Waals surface area contributed by atoms with Gasteiger partial charge in [0.2, 0.25) is 6.29 Å². The number of esters is 2. The average molecular weight is 626 g/mol. The maximum absolute atomic E-state index is 13.5. The summed E-state index contributed by atoms with van der Waals surface area (Å²) in [5.74, 6) is -1.35. The van der Waals surface area contributed by atoms with E-state index in [9.17, 15) is 14.2 Å². The molecule has 232 valence electrons. The summed E-state index contributed by atoms with van der Waals surface area (Å²) in [6.07, 6.45) is -1.97. The first-order valence-electron chi connectivity index (χ1n) is 13.8. The van der Waals surface area contributed by atoms with Gasteiger partial charge in [0.15, 0.2) is 35.7 Å². The molecule has 2 aromatic heterocycles. The van der Waals surface area contributed by atoms with Gasteiger partial charge in [-0.15, -0.1) is 0 Å². The molecule has 15 heteroatoms. The van der Waals surface area contributed by atoms with Crippen LogP contribution in [0.25, 0.3) is 11.2 Å². The van der Waals surface area contributed by atoms with Gasteiger partial charge in [0, 0.05) is 0 Å². The van der Waals surface area contributed by atoms with Crippen molar-refractivity contribution in [3.63, 3.8) is 0 Å². The fraction of sp³-hybridized carbons (Fsp3) is 0.345. The lowest BCUT2D eigenvalue weighted by Gasteiger charge is -2.34. The minimum Gasteiger partial charge on any atom is -0.449 e. The Labute approximate surface area is 252 Å². The first-order valence-corrected chi connectivity index (χ1v) is 15.5. The molecule has 3 heterocycles. The molecule has 0 spiro atoms. The van der Waals surface area contributed by atoms with Crippen molar-refractivity contribution in [3.8, 4) is 0 Å². The molecule has 2 aromatic carbocycles. The molecule has 4 atom stereocenters. The van der Waals surface area contributed by atoms with Gasteiger partial charge in [-0.3, -0.25) is 9.13 Å². The second kappa shape index (κ2) is 13.2. The fourth-order valence-electron chi connectivity index (χ4n) is 4.80. The van der Waals surface area contributed by atoms with Gasteiger partial charge in [-0.1, -0.05) is 36.4 Å². The molecule has 0 amide bonds. The Morgan fingerprint density at radius 3 is 2.18 bits per heavy atom. The third-order valence-electron chi connectivity index (χ3n) is 6.82. The van der Waals surface area contributed by atoms with Gasteiger partial charge in [0.05, 0.1) is 30.7 Å². The highest BCUT2D eigenvalue weighted by molar-refractivity contribution is 7.53. The zero-order valence-corrected chi connectivity index (χ0v) is 25.2. The first-order chi connectivity index (χ1) is 21.2. The van der Waals surface area contributed by atoms with Crippen LogP contribution >= 0.6 is 7.60 Å². The molecule has 0 radical (unpaired) electrons. The quantitative estimate of drug-likeness (QED) is 0.174. The van der Waals surface area contributed by atoms with E-state index in [1.807, 2.05) is 0 Å². The molecule has 14 nitrogen and oxygen atoms in total. The number of carbonyl (C=O) groups is 2. The highest BCUT2D eigenvalue weighted by Crippen LogP contribution is 2.51. The summed E-state index contributed by atoms with van der Waals surface area (Å²) in [5.41, 5.74) is 5.26. The highest BCUT2D eigenvalue weighted by Gasteiger charge is 2.61. The molecule has 4 aromatic rings. The standard InChI is InChI=1S/C29H32N5O9P/c1-4-39-44(37,40-5-2)18-38-27-22(41-25(35)19-12-8-6-9-13-19)29(3,43-26(36)20-14-10-7-11-15-20)28(42-27)34-17-33-21-23(30)31-16-32-24(21)34/h6-17,22,27-28H,4-5,18H2,1-3H3,(H2,30,31,32)/t22-,27+,28-,29-/m1/s1. The molecule has 0 aliphatic carbocycles. The number of anilines is 1. The van der Waals surface area contributed by atoms with Crippen molar-refractivity contribution >= 4 is 36.5 Å². The number of nitrogens with two attached hydrogens (primary N) is 1. The summed E-state index contributed by atoms with van der Waals surface area (Å²) in [4.78, 5) is 39.5. The molecular weight excluding hydrogens is 593 g/mol. The molecule has 2 N–H and O–H groups in total. The molecule has 1 fully saturated rings. The van der Waals surface area contributed by atoms with E-state index < -0.39 is 50.1 Å². The van der Waals surface area contributed by atoms with E-state index in [0.717, 1.165) is 0 Å². The molecule has 5 rings (SSSR count). The normalized spacial score (nSPS) is 21.8. The molecule has 0 unspecified atom stereocenters. The minimum atomic E-state index is -3.74. The summed E-state index contributed by atoms with van der Waals surface area (Å²) < 4.78 is 49.9. The van der Waals surface area contributed by atoms with Crippen molar-refractivity contribution in [2.75, 3.05) is 25.3 Å². The number of imidazole rings is 1. The van der Waals surface area contributed by atoms with Gasteiger partial charge in [-0.25, -0.2) is 24.5 Å². The van der Waals surface area contributed by atoms with Crippen LogP contribution < -0.4 is 5.73 Å². The Kier molecular flexibility index (Phi) is 9.37. The molecule has 0 bridgehead atoms. The maximum atomic E-state index is 13.5. The van der Waals surface area contributed by atoms with E-state index in [-0.39, 0.29) is 41.3 Å². The van der Waals surface area contributed by atoms with Crippen molar-refractivity contribution in [2.45, 2.75) is 45.0 Å². The van der Waals surface area contributed by atoms with Crippen LogP contribution in [0.2, 0.25) is 0 Å². The molecular formula is C29H32N5O9P. The number of fused-ring (bicyclic) bond motifs is 1. The topological polar surface area (TPSA) is 176 Å². The zero-order valence-electron chi connectivity index (χ0n) is 24.3. The van der Waals surface area contributed by atoms with E-state index in [1.165, 1.54) is 24.1 Å². The summed E-state index contributed by atoms with van der Waals surface area (Å²) in [7, 11) is -3.74. The third-order valence-corrected chi connectivity index (χ3v) is 8.59. The monoisotopic (exact) mass is 625 g/mol. The van der Waals surface area contributed by atoms with Crippen LogP contribution in [0.5, 0.6) is 0 Å². The van der Waals surface area contributed by atoms with Gasteiger partial charge in [0.25, 0.3) is 0 Å². The number of benzene rings is 2. The van der Waals surface area contributed by atoms with E-state index in [4.69, 9.17) is 33.7 Å². The number of carbonyl (C=O) groups excluding carboxylic acids is 2. The van der Waals surface area contributed by atoms with Crippen LogP contribution in [0.15, 0.2) is 73.3 Å². The molecule has 1 saturated heterocycles. The van der Waals surface area contributed by atoms with Crippen LogP contribution in [0.3, 0.4) is 0 Å². The summed E-state index contributed by atoms with van der Waals surface area (Å²) in [5, 5.41) is 0. The highest BCUT2D eigenvalue weighted by atomic mass is 31.2. The van der Waals surface area contributed by atoms with E-state index in [1.54, 1.807) is 74.5 Å². The van der Waals surface area contributed by atoms with Crippen molar-refractivity contribution in [1.29, 1.82) is 0 Å². The number of rotatable bonds is 12. The molecule has 0 saturated carbocycles. The maximum Gasteiger partial charge on any atom is 0.356 e. The van der Waals surface area contributed by atoms with E-state index in [0.29, 0.717) is 0 Å². The Balaban J connectivity index is 1.59. The van der Waals surface area contributed by atoms with E-state index in [2.05, 4.69) is 15.0 Å². The first kappa shape index (κ1) is 31.2. The number of nitrogen functional groups attached to an aromatic ring is 1. The SMILES string of the molecule is CCOP(=O)(CO[C@H]1O[C@@H](n2cnc3c(N)ncnc32)[C@](C)(OC(=O)c2ccccc2)[C@@H]1OC(=O)c1ccccc1)OCC. The van der Waals surface area contributed by atoms with Crippen LogP contribution in [-0.4, -0.2) is 69.0 Å². The van der Waals surface area contributed by atoms with Crippen LogP contribution in [0, 0.1) is 0 Å². The van der Waals surface area contributed by atoms with Gasteiger partial charge in [-0.2, -0.15) is 0 Å². The Hall–Kier alpha value is -4.20. The number of nitrogens with zero attached hydrogens (tertiary/aromatic N) is 4. The number of ether oxygens (including phenoxy) is 4. The average Bonchev–Trinajstić information content (AvgIpc) is 3.56. The smallest absolute Gasteiger partial charge is 0.356 e. The Bertz CT molecular complexity index is 1650. The van der Waals surface area contributed by atoms with Gasteiger partial charge in [0.1, 0.15) is 11.8 Å². The fourth-order valence-corrected chi connectivity index (χ4v) is 6.14. The number of hydrogen-bond acceptors (Lipinski definition) is 13. The lowest BCUT2D eigenvalue weighted by Crippen LogP contribution is -2.50. The minimum absolute atomic E-state index is 0.0930. The van der Waals surface area contributed by atoms with Gasteiger partial charge >= 0.3 is 19.5 Å². The van der Waals surface area contributed by atoms with E-state index >= 15 is 0 Å². The third kappa shape index (κ3) is 6.35. The van der Waals surface area contributed by atoms with Crippen molar-refractivity contribution in [2.24, 2.45) is 0 Å². The van der Waals surface area contributed by atoms with Crippen LogP contribution in [0.1, 0.15) is 47.7 Å². The number of hydrogen-bond donors (Lipinski definition) is 1. The second-order valence-corrected chi connectivity index (χ2v) is 11.8. The van der Waals surface area contributed by atoms with Crippen molar-refractivity contribution in [1.82, 2.24) is 19.5 Å². The van der Waals surface area contributed by atoms with Gasteiger partial charge in [-0.05, 0) is 45.0 Å². The van der Waals surface area contributed by atoms with Crippen LogP contribution in [0.4, 0.5) is 5.82 Å².